The molecule has 6 aromatic rings. The van der Waals surface area contributed by atoms with Gasteiger partial charge in [0.15, 0.2) is 11.6 Å². The molecule has 0 N–H and O–H groups in total. The lowest BCUT2D eigenvalue weighted by molar-refractivity contribution is 0.121. The molecule has 2 aliphatic rings. The van der Waals surface area contributed by atoms with Crippen molar-refractivity contribution in [2.75, 3.05) is 56.3 Å². The van der Waals surface area contributed by atoms with Crippen LogP contribution in [0.5, 0.6) is 0 Å². The van der Waals surface area contributed by atoms with Crippen molar-refractivity contribution < 1.29 is 9.47 Å². The van der Waals surface area contributed by atoms with Gasteiger partial charge in [0, 0.05) is 61.5 Å². The normalized spacial score (nSPS) is 16.7. The zero-order valence-electron chi connectivity index (χ0n) is 25.4. The number of aryl methyl sites for hydroxylation is 1. The molecule has 0 radical (unpaired) electrons. The Morgan fingerprint density at radius 1 is 0.733 bits per heavy atom. The maximum absolute atomic E-state index is 5.98. The summed E-state index contributed by atoms with van der Waals surface area (Å²) in [5, 5.41) is 12.7. The van der Waals surface area contributed by atoms with Crippen LogP contribution >= 0.6 is 11.6 Å². The second-order valence-electron chi connectivity index (χ2n) is 11.3. The van der Waals surface area contributed by atoms with E-state index < -0.39 is 0 Å². The summed E-state index contributed by atoms with van der Waals surface area (Å²) in [6, 6.07) is 20.1. The first-order chi connectivity index (χ1) is 22.1. The highest BCUT2D eigenvalue weighted by atomic mass is 35.5. The Morgan fingerprint density at radius 2 is 1.29 bits per heavy atom. The quantitative estimate of drug-likeness (QED) is 0.236. The van der Waals surface area contributed by atoms with Crippen LogP contribution in [0.1, 0.15) is 12.0 Å². The molecule has 2 fully saturated rings. The second-order valence-corrected chi connectivity index (χ2v) is 11.7. The first-order valence-electron chi connectivity index (χ1n) is 15.2. The summed E-state index contributed by atoms with van der Waals surface area (Å²) in [5.41, 5.74) is 5.30. The number of hydrogen-bond donors (Lipinski definition) is 0. The standard InChI is InChI=1S/C18H20N4O.C16H15ClN4O/c1-13-3-5-14(6-4-13)22-17-11-19-9-7-16(17)18(20-22)21-10-8-15(12-21)23-2;17-12-1-3-13(4-2-12)21-15-11-18-6-5-14(15)16(19-21)20-7-9-22-10-8-20/h3-7,9,11,15H,8,10,12H2,1-2H3;1-6,11H,7-10H2. The number of hydrogen-bond acceptors (Lipinski definition) is 8. The van der Waals surface area contributed by atoms with Gasteiger partial charge in [0.05, 0.1) is 54.1 Å². The third-order valence-electron chi connectivity index (χ3n) is 8.37. The molecule has 6 heterocycles. The van der Waals surface area contributed by atoms with Gasteiger partial charge in [-0.05, 0) is 61.9 Å². The summed E-state index contributed by atoms with van der Waals surface area (Å²) in [5.74, 6) is 2.00. The van der Waals surface area contributed by atoms with Crippen LogP contribution < -0.4 is 9.80 Å². The van der Waals surface area contributed by atoms with Crippen molar-refractivity contribution in [2.45, 2.75) is 19.4 Å². The Hall–Kier alpha value is -4.51. The molecule has 2 saturated heterocycles. The molecule has 0 amide bonds. The highest BCUT2D eigenvalue weighted by Crippen LogP contribution is 2.31. The number of methoxy groups -OCH3 is 1. The van der Waals surface area contributed by atoms with Crippen molar-refractivity contribution in [3.8, 4) is 11.4 Å². The smallest absolute Gasteiger partial charge is 0.159 e. The number of ether oxygens (including phenoxy) is 2. The van der Waals surface area contributed by atoms with E-state index in [1.54, 1.807) is 13.3 Å². The molecule has 0 bridgehead atoms. The van der Waals surface area contributed by atoms with Crippen LogP contribution in [-0.4, -0.2) is 82.1 Å². The summed E-state index contributed by atoms with van der Waals surface area (Å²) < 4.78 is 14.8. The Kier molecular flexibility index (Phi) is 8.34. The Bertz CT molecular complexity index is 1900. The lowest BCUT2D eigenvalue weighted by atomic mass is 10.2. The first-order valence-corrected chi connectivity index (χ1v) is 15.6. The largest absolute Gasteiger partial charge is 0.380 e. The number of nitrogens with zero attached hydrogens (tertiary/aromatic N) is 8. The lowest BCUT2D eigenvalue weighted by Crippen LogP contribution is -2.36. The highest BCUT2D eigenvalue weighted by Gasteiger charge is 2.26. The van der Waals surface area contributed by atoms with Crippen molar-refractivity contribution in [3.63, 3.8) is 0 Å². The Balaban J connectivity index is 0.000000145. The second kappa shape index (κ2) is 12.8. The first kappa shape index (κ1) is 29.2. The molecule has 1 unspecified atom stereocenters. The van der Waals surface area contributed by atoms with Crippen LogP contribution in [0.2, 0.25) is 5.02 Å². The predicted molar refractivity (Wildman–Crippen MR) is 178 cm³/mol. The average molecular weight is 623 g/mol. The molecular weight excluding hydrogens is 588 g/mol. The van der Waals surface area contributed by atoms with Crippen molar-refractivity contribution in [2.24, 2.45) is 0 Å². The minimum atomic E-state index is 0.288. The van der Waals surface area contributed by atoms with E-state index in [0.717, 1.165) is 90.6 Å². The lowest BCUT2D eigenvalue weighted by Gasteiger charge is -2.26. The van der Waals surface area contributed by atoms with Gasteiger partial charge in [-0.25, -0.2) is 9.36 Å². The number of fused-ring (bicyclic) bond motifs is 2. The summed E-state index contributed by atoms with van der Waals surface area (Å²) >= 11 is 5.98. The predicted octanol–water partition coefficient (Wildman–Crippen LogP) is 5.86. The van der Waals surface area contributed by atoms with E-state index in [2.05, 4.69) is 51.0 Å². The highest BCUT2D eigenvalue weighted by molar-refractivity contribution is 6.30. The summed E-state index contributed by atoms with van der Waals surface area (Å²) in [7, 11) is 1.78. The van der Waals surface area contributed by atoms with Crippen LogP contribution in [0.15, 0.2) is 85.5 Å². The molecular formula is C34H35ClN8O2. The van der Waals surface area contributed by atoms with E-state index in [9.17, 15) is 0 Å². The molecule has 4 aromatic heterocycles. The summed E-state index contributed by atoms with van der Waals surface area (Å²) in [6.07, 6.45) is 8.70. The van der Waals surface area contributed by atoms with Gasteiger partial charge < -0.3 is 19.3 Å². The van der Waals surface area contributed by atoms with Crippen LogP contribution in [-0.2, 0) is 9.47 Å². The topological polar surface area (TPSA) is 86.4 Å². The number of pyridine rings is 2. The van der Waals surface area contributed by atoms with E-state index in [-0.39, 0.29) is 6.10 Å². The molecule has 1 atom stereocenters. The molecule has 10 nitrogen and oxygen atoms in total. The van der Waals surface area contributed by atoms with Crippen LogP contribution in [0.3, 0.4) is 0 Å². The number of rotatable bonds is 5. The van der Waals surface area contributed by atoms with Gasteiger partial charge in [-0.15, -0.1) is 10.2 Å². The minimum Gasteiger partial charge on any atom is -0.380 e. The third kappa shape index (κ3) is 5.96. The van der Waals surface area contributed by atoms with Gasteiger partial charge >= 0.3 is 0 Å². The zero-order valence-corrected chi connectivity index (χ0v) is 26.1. The maximum Gasteiger partial charge on any atom is 0.159 e. The third-order valence-corrected chi connectivity index (χ3v) is 8.62. The van der Waals surface area contributed by atoms with Crippen LogP contribution in [0.4, 0.5) is 11.6 Å². The van der Waals surface area contributed by atoms with Gasteiger partial charge in [-0.1, -0.05) is 29.3 Å². The van der Waals surface area contributed by atoms with Gasteiger partial charge in [-0.3, -0.25) is 9.97 Å². The number of halogens is 1. The molecule has 0 saturated carbocycles. The molecule has 2 aromatic carbocycles. The molecule has 2 aliphatic heterocycles. The Morgan fingerprint density at radius 3 is 1.84 bits per heavy atom. The molecule has 11 heteroatoms. The van der Waals surface area contributed by atoms with Gasteiger partial charge in [0.1, 0.15) is 0 Å². The van der Waals surface area contributed by atoms with Crippen molar-refractivity contribution in [1.82, 2.24) is 29.5 Å². The van der Waals surface area contributed by atoms with Gasteiger partial charge in [0.2, 0.25) is 0 Å². The fourth-order valence-electron chi connectivity index (χ4n) is 5.91. The van der Waals surface area contributed by atoms with E-state index in [1.165, 1.54) is 5.56 Å². The molecule has 230 valence electrons. The van der Waals surface area contributed by atoms with E-state index in [0.29, 0.717) is 5.02 Å². The monoisotopic (exact) mass is 622 g/mol. The minimum absolute atomic E-state index is 0.288. The molecule has 8 rings (SSSR count). The number of benzene rings is 2. The van der Waals surface area contributed by atoms with E-state index >= 15 is 0 Å². The average Bonchev–Trinajstić information content (AvgIpc) is 3.82. The molecule has 45 heavy (non-hydrogen) atoms. The zero-order chi connectivity index (χ0) is 30.8. The van der Waals surface area contributed by atoms with E-state index in [4.69, 9.17) is 31.3 Å². The van der Waals surface area contributed by atoms with Gasteiger partial charge in [-0.2, -0.15) is 0 Å². The number of aromatic nitrogens is 6. The van der Waals surface area contributed by atoms with Crippen molar-refractivity contribution in [3.05, 3.63) is 96.0 Å². The number of morpholine rings is 1. The number of anilines is 2. The molecule has 0 aliphatic carbocycles. The Labute approximate surface area is 266 Å². The fraction of sp³-hybridized carbons (Fsp3) is 0.294. The molecule has 0 spiro atoms. The van der Waals surface area contributed by atoms with Crippen LogP contribution in [0, 0.1) is 6.92 Å². The summed E-state index contributed by atoms with van der Waals surface area (Å²) in [6.45, 7) is 7.14. The van der Waals surface area contributed by atoms with Crippen molar-refractivity contribution in [1.29, 1.82) is 0 Å². The fourth-order valence-corrected chi connectivity index (χ4v) is 6.04. The van der Waals surface area contributed by atoms with Crippen LogP contribution in [0.25, 0.3) is 33.2 Å². The summed E-state index contributed by atoms with van der Waals surface area (Å²) in [4.78, 5) is 13.1. The maximum atomic E-state index is 5.98. The SMILES string of the molecule is COC1CCN(c2nn(-c3ccc(C)cc3)c3cnccc23)C1.Clc1ccc(-n2nc(N3CCOCC3)c3ccncc32)cc1. The van der Waals surface area contributed by atoms with Crippen molar-refractivity contribution >= 4 is 45.0 Å². The van der Waals surface area contributed by atoms with E-state index in [1.807, 2.05) is 64.4 Å². The van der Waals surface area contributed by atoms with Gasteiger partial charge in [0.25, 0.3) is 0 Å².